The van der Waals surface area contributed by atoms with Gasteiger partial charge in [0.05, 0.1) is 17.1 Å². The van der Waals surface area contributed by atoms with Gasteiger partial charge in [-0.15, -0.1) is 11.3 Å². The quantitative estimate of drug-likeness (QED) is 0.858. The number of pyridine rings is 1. The van der Waals surface area contributed by atoms with E-state index < -0.39 is 0 Å². The lowest BCUT2D eigenvalue weighted by atomic mass is 10.2. The first-order chi connectivity index (χ1) is 9.09. The van der Waals surface area contributed by atoms with E-state index in [2.05, 4.69) is 4.98 Å². The predicted octanol–water partition coefficient (Wildman–Crippen LogP) is 3.85. The molecule has 0 aliphatic heterocycles. The van der Waals surface area contributed by atoms with Crippen LogP contribution in [0, 0.1) is 0 Å². The average molecular weight is 295 g/mol. The van der Waals surface area contributed by atoms with Crippen molar-refractivity contribution in [2.75, 3.05) is 0 Å². The van der Waals surface area contributed by atoms with Gasteiger partial charge < -0.3 is 4.90 Å². The SMILES string of the molecule is CC(C)N(Cc1cccs1)C(=O)c1ccncc1Cl. The van der Waals surface area contributed by atoms with Crippen LogP contribution in [0.1, 0.15) is 29.1 Å². The summed E-state index contributed by atoms with van der Waals surface area (Å²) in [5.74, 6) is -0.0594. The molecule has 0 radical (unpaired) electrons. The summed E-state index contributed by atoms with van der Waals surface area (Å²) in [6, 6.07) is 5.79. The Morgan fingerprint density at radius 2 is 2.26 bits per heavy atom. The van der Waals surface area contributed by atoms with Crippen LogP contribution >= 0.6 is 22.9 Å². The predicted molar refractivity (Wildman–Crippen MR) is 78.6 cm³/mol. The molecule has 100 valence electrons. The Morgan fingerprint density at radius 1 is 1.47 bits per heavy atom. The van der Waals surface area contributed by atoms with Crippen molar-refractivity contribution in [2.24, 2.45) is 0 Å². The molecule has 19 heavy (non-hydrogen) atoms. The van der Waals surface area contributed by atoms with Crippen molar-refractivity contribution in [3.63, 3.8) is 0 Å². The lowest BCUT2D eigenvalue weighted by molar-refractivity contribution is 0.0692. The third kappa shape index (κ3) is 3.33. The van der Waals surface area contributed by atoms with Crippen molar-refractivity contribution in [1.82, 2.24) is 9.88 Å². The van der Waals surface area contributed by atoms with Crippen molar-refractivity contribution < 1.29 is 4.79 Å². The lowest BCUT2D eigenvalue weighted by Crippen LogP contribution is -2.36. The van der Waals surface area contributed by atoms with E-state index in [9.17, 15) is 4.79 Å². The molecule has 0 spiro atoms. The standard InChI is InChI=1S/C14H15ClN2OS/c1-10(2)17(9-11-4-3-7-19-11)14(18)12-5-6-16-8-13(12)15/h3-8,10H,9H2,1-2H3. The summed E-state index contributed by atoms with van der Waals surface area (Å²) in [4.78, 5) is 19.4. The molecular weight excluding hydrogens is 280 g/mol. The Hall–Kier alpha value is -1.39. The summed E-state index contributed by atoms with van der Waals surface area (Å²) in [5, 5.41) is 2.40. The molecule has 0 fully saturated rings. The molecule has 0 unspecified atom stereocenters. The van der Waals surface area contributed by atoms with Gasteiger partial charge in [-0.25, -0.2) is 0 Å². The summed E-state index contributed by atoms with van der Waals surface area (Å²) >= 11 is 7.69. The van der Waals surface area contributed by atoms with Crippen LogP contribution < -0.4 is 0 Å². The number of aromatic nitrogens is 1. The summed E-state index contributed by atoms with van der Waals surface area (Å²) in [6.07, 6.45) is 3.08. The van der Waals surface area contributed by atoms with Gasteiger partial charge in [-0.2, -0.15) is 0 Å². The number of carbonyl (C=O) groups is 1. The van der Waals surface area contributed by atoms with Gasteiger partial charge >= 0.3 is 0 Å². The number of hydrogen-bond donors (Lipinski definition) is 0. The minimum Gasteiger partial charge on any atom is -0.331 e. The first-order valence-corrected chi connectivity index (χ1v) is 7.28. The highest BCUT2D eigenvalue weighted by molar-refractivity contribution is 7.09. The van der Waals surface area contributed by atoms with Crippen LogP contribution in [0.5, 0.6) is 0 Å². The van der Waals surface area contributed by atoms with E-state index in [0.717, 1.165) is 4.88 Å². The number of hydrogen-bond acceptors (Lipinski definition) is 3. The molecule has 0 atom stereocenters. The molecule has 0 aromatic carbocycles. The molecule has 0 bridgehead atoms. The van der Waals surface area contributed by atoms with Gasteiger partial charge in [-0.05, 0) is 31.4 Å². The van der Waals surface area contributed by atoms with Crippen LogP contribution in [0.25, 0.3) is 0 Å². The van der Waals surface area contributed by atoms with Crippen LogP contribution in [-0.4, -0.2) is 21.8 Å². The van der Waals surface area contributed by atoms with Gasteiger partial charge in [0, 0.05) is 23.3 Å². The summed E-state index contributed by atoms with van der Waals surface area (Å²) in [5.41, 5.74) is 0.502. The van der Waals surface area contributed by atoms with Gasteiger partial charge in [-0.3, -0.25) is 9.78 Å². The maximum absolute atomic E-state index is 12.6. The minimum absolute atomic E-state index is 0.0594. The molecular formula is C14H15ClN2OS. The van der Waals surface area contributed by atoms with Crippen molar-refractivity contribution in [1.29, 1.82) is 0 Å². The first kappa shape index (κ1) is 14.0. The number of carbonyl (C=O) groups excluding carboxylic acids is 1. The normalized spacial score (nSPS) is 10.7. The molecule has 2 heterocycles. The third-order valence-electron chi connectivity index (χ3n) is 2.79. The number of nitrogens with zero attached hydrogens (tertiary/aromatic N) is 2. The van der Waals surface area contributed by atoms with Gasteiger partial charge in [0.1, 0.15) is 0 Å². The van der Waals surface area contributed by atoms with Gasteiger partial charge in [0.15, 0.2) is 0 Å². The largest absolute Gasteiger partial charge is 0.331 e. The molecule has 0 N–H and O–H groups in total. The number of amides is 1. The summed E-state index contributed by atoms with van der Waals surface area (Å²) < 4.78 is 0. The van der Waals surface area contributed by atoms with Crippen molar-refractivity contribution in [3.05, 3.63) is 51.4 Å². The average Bonchev–Trinajstić information content (AvgIpc) is 2.88. The van der Waals surface area contributed by atoms with Crippen molar-refractivity contribution in [3.8, 4) is 0 Å². The van der Waals surface area contributed by atoms with E-state index >= 15 is 0 Å². The van der Waals surface area contributed by atoms with Gasteiger partial charge in [0.25, 0.3) is 5.91 Å². The van der Waals surface area contributed by atoms with E-state index in [1.807, 2.05) is 36.3 Å². The molecule has 2 rings (SSSR count). The maximum Gasteiger partial charge on any atom is 0.256 e. The number of rotatable bonds is 4. The smallest absolute Gasteiger partial charge is 0.256 e. The monoisotopic (exact) mass is 294 g/mol. The van der Waals surface area contributed by atoms with Crippen LogP contribution in [0.4, 0.5) is 0 Å². The van der Waals surface area contributed by atoms with E-state index in [0.29, 0.717) is 17.1 Å². The second kappa shape index (κ2) is 6.17. The molecule has 2 aromatic rings. The molecule has 2 aromatic heterocycles. The fourth-order valence-electron chi connectivity index (χ4n) is 1.76. The van der Waals surface area contributed by atoms with Crippen LogP contribution in [0.15, 0.2) is 36.0 Å². The number of thiophene rings is 1. The fourth-order valence-corrected chi connectivity index (χ4v) is 2.67. The Bertz CT molecular complexity index is 554. The minimum atomic E-state index is -0.0594. The Morgan fingerprint density at radius 3 is 2.84 bits per heavy atom. The van der Waals surface area contributed by atoms with Crippen molar-refractivity contribution in [2.45, 2.75) is 26.4 Å². The van der Waals surface area contributed by atoms with E-state index in [4.69, 9.17) is 11.6 Å². The first-order valence-electron chi connectivity index (χ1n) is 6.02. The second-order valence-corrected chi connectivity index (χ2v) is 5.90. The highest BCUT2D eigenvalue weighted by atomic mass is 35.5. The van der Waals surface area contributed by atoms with Gasteiger partial charge in [0.2, 0.25) is 0 Å². The van der Waals surface area contributed by atoms with E-state index in [1.54, 1.807) is 23.6 Å². The van der Waals surface area contributed by atoms with E-state index in [-0.39, 0.29) is 11.9 Å². The van der Waals surface area contributed by atoms with Crippen LogP contribution in [0.2, 0.25) is 5.02 Å². The lowest BCUT2D eigenvalue weighted by Gasteiger charge is -2.26. The Kier molecular flexibility index (Phi) is 4.56. The topological polar surface area (TPSA) is 33.2 Å². The van der Waals surface area contributed by atoms with Crippen molar-refractivity contribution >= 4 is 28.8 Å². The third-order valence-corrected chi connectivity index (χ3v) is 3.96. The highest BCUT2D eigenvalue weighted by Crippen LogP contribution is 2.20. The maximum atomic E-state index is 12.6. The molecule has 0 aliphatic carbocycles. The fraction of sp³-hybridized carbons (Fsp3) is 0.286. The zero-order valence-corrected chi connectivity index (χ0v) is 12.4. The van der Waals surface area contributed by atoms with Crippen LogP contribution in [-0.2, 0) is 6.54 Å². The molecule has 1 amide bonds. The Balaban J connectivity index is 2.24. The molecule has 3 nitrogen and oxygen atoms in total. The summed E-state index contributed by atoms with van der Waals surface area (Å²) in [6.45, 7) is 4.61. The Labute approximate surface area is 121 Å². The van der Waals surface area contributed by atoms with Crippen LogP contribution in [0.3, 0.4) is 0 Å². The van der Waals surface area contributed by atoms with Gasteiger partial charge in [-0.1, -0.05) is 17.7 Å². The second-order valence-electron chi connectivity index (χ2n) is 4.46. The molecule has 0 saturated carbocycles. The molecule has 5 heteroatoms. The number of halogens is 1. The summed E-state index contributed by atoms with van der Waals surface area (Å²) in [7, 11) is 0. The zero-order chi connectivity index (χ0) is 13.8. The van der Waals surface area contributed by atoms with E-state index in [1.165, 1.54) is 6.20 Å². The highest BCUT2D eigenvalue weighted by Gasteiger charge is 2.21. The molecule has 0 saturated heterocycles. The zero-order valence-electron chi connectivity index (χ0n) is 10.8. The molecule has 0 aliphatic rings.